The number of hydrogen-bond acceptors (Lipinski definition) is 7. The third-order valence-electron chi connectivity index (χ3n) is 3.83. The molecule has 9 nitrogen and oxygen atoms in total. The van der Waals surface area contributed by atoms with Gasteiger partial charge in [-0.15, -0.1) is 10.2 Å². The maximum absolute atomic E-state index is 13.0. The van der Waals surface area contributed by atoms with Crippen molar-refractivity contribution in [2.45, 2.75) is 17.5 Å². The van der Waals surface area contributed by atoms with E-state index in [4.69, 9.17) is 5.11 Å². The Kier molecular flexibility index (Phi) is 6.09. The van der Waals surface area contributed by atoms with Crippen LogP contribution in [0.2, 0.25) is 0 Å². The lowest BCUT2D eigenvalue weighted by atomic mass is 10.2. The van der Waals surface area contributed by atoms with Gasteiger partial charge in [0.1, 0.15) is 5.82 Å². The SMILES string of the molecule is O=S(=O)(NCC(O)CO)c1ccc(-c2nnn(Cc3ccc(F)cc3)n2)cc1. The molecule has 0 saturated heterocycles. The largest absolute Gasteiger partial charge is 0.394 e. The molecule has 3 aromatic rings. The second-order valence-corrected chi connectivity index (χ2v) is 7.75. The van der Waals surface area contributed by atoms with Gasteiger partial charge in [-0.3, -0.25) is 0 Å². The van der Waals surface area contributed by atoms with E-state index >= 15 is 0 Å². The van der Waals surface area contributed by atoms with E-state index in [1.165, 1.54) is 41.2 Å². The quantitative estimate of drug-likeness (QED) is 0.485. The summed E-state index contributed by atoms with van der Waals surface area (Å²) >= 11 is 0. The van der Waals surface area contributed by atoms with E-state index in [0.29, 0.717) is 17.9 Å². The molecule has 0 aliphatic heterocycles. The number of sulfonamides is 1. The Hall–Kier alpha value is -2.73. The Bertz CT molecular complexity index is 1020. The highest BCUT2D eigenvalue weighted by Crippen LogP contribution is 2.17. The second kappa shape index (κ2) is 8.52. The van der Waals surface area contributed by atoms with Gasteiger partial charge in [-0.05, 0) is 47.2 Å². The zero-order valence-corrected chi connectivity index (χ0v) is 15.4. The maximum Gasteiger partial charge on any atom is 0.240 e. The smallest absolute Gasteiger partial charge is 0.240 e. The van der Waals surface area contributed by atoms with E-state index in [9.17, 15) is 17.9 Å². The maximum atomic E-state index is 13.0. The highest BCUT2D eigenvalue weighted by atomic mass is 32.2. The van der Waals surface area contributed by atoms with E-state index < -0.39 is 22.7 Å². The van der Waals surface area contributed by atoms with Crippen molar-refractivity contribution in [3.05, 3.63) is 59.9 Å². The van der Waals surface area contributed by atoms with Crippen LogP contribution in [0.15, 0.2) is 53.4 Å². The lowest BCUT2D eigenvalue weighted by molar-refractivity contribution is 0.0988. The molecule has 11 heteroatoms. The molecule has 148 valence electrons. The Balaban J connectivity index is 1.70. The molecule has 1 heterocycles. The van der Waals surface area contributed by atoms with Crippen molar-refractivity contribution < 1.29 is 23.0 Å². The van der Waals surface area contributed by atoms with Gasteiger partial charge in [0.05, 0.1) is 24.2 Å². The number of nitrogens with one attached hydrogen (secondary N) is 1. The van der Waals surface area contributed by atoms with E-state index in [1.807, 2.05) is 0 Å². The third kappa shape index (κ3) is 4.95. The van der Waals surface area contributed by atoms with Crippen LogP contribution in [0.3, 0.4) is 0 Å². The minimum atomic E-state index is -3.82. The van der Waals surface area contributed by atoms with E-state index in [2.05, 4.69) is 20.1 Å². The van der Waals surface area contributed by atoms with Crippen LogP contribution in [0.1, 0.15) is 5.56 Å². The van der Waals surface area contributed by atoms with Crippen LogP contribution in [-0.4, -0.2) is 58.1 Å². The second-order valence-electron chi connectivity index (χ2n) is 5.98. The Morgan fingerprint density at radius 3 is 2.43 bits per heavy atom. The molecule has 2 aromatic carbocycles. The highest BCUT2D eigenvalue weighted by molar-refractivity contribution is 7.89. The van der Waals surface area contributed by atoms with Gasteiger partial charge in [0, 0.05) is 12.1 Å². The first-order valence-electron chi connectivity index (χ1n) is 8.28. The van der Waals surface area contributed by atoms with Gasteiger partial charge in [0.15, 0.2) is 0 Å². The van der Waals surface area contributed by atoms with Gasteiger partial charge < -0.3 is 10.2 Å². The molecule has 0 amide bonds. The third-order valence-corrected chi connectivity index (χ3v) is 5.27. The number of hydrogen-bond donors (Lipinski definition) is 3. The molecule has 0 aliphatic rings. The molecule has 28 heavy (non-hydrogen) atoms. The van der Waals surface area contributed by atoms with Crippen LogP contribution in [0.5, 0.6) is 0 Å². The number of aromatic nitrogens is 4. The Morgan fingerprint density at radius 1 is 1.11 bits per heavy atom. The fourth-order valence-corrected chi connectivity index (χ4v) is 3.39. The zero-order chi connectivity index (χ0) is 20.1. The standard InChI is InChI=1S/C17H18FN5O4S/c18-14-5-1-12(2-6-14)10-23-21-17(20-22-23)13-3-7-16(8-4-13)28(26,27)19-9-15(25)11-24/h1-8,15,19,24-25H,9-11H2. The van der Waals surface area contributed by atoms with Crippen molar-refractivity contribution in [1.82, 2.24) is 24.9 Å². The summed E-state index contributed by atoms with van der Waals surface area (Å²) < 4.78 is 39.5. The molecule has 0 radical (unpaired) electrons. The van der Waals surface area contributed by atoms with E-state index in [-0.39, 0.29) is 17.3 Å². The van der Waals surface area contributed by atoms with Crippen LogP contribution in [-0.2, 0) is 16.6 Å². The number of nitrogens with zero attached hydrogens (tertiary/aromatic N) is 4. The van der Waals surface area contributed by atoms with Crippen molar-refractivity contribution in [3.63, 3.8) is 0 Å². The average molecular weight is 407 g/mol. The molecule has 0 fully saturated rings. The van der Waals surface area contributed by atoms with Gasteiger partial charge in [0.2, 0.25) is 15.8 Å². The molecular weight excluding hydrogens is 389 g/mol. The van der Waals surface area contributed by atoms with Crippen molar-refractivity contribution in [2.75, 3.05) is 13.2 Å². The van der Waals surface area contributed by atoms with Crippen molar-refractivity contribution >= 4 is 10.0 Å². The van der Waals surface area contributed by atoms with Crippen LogP contribution >= 0.6 is 0 Å². The monoisotopic (exact) mass is 407 g/mol. The molecule has 1 aromatic heterocycles. The normalized spacial score (nSPS) is 12.8. The molecule has 1 unspecified atom stereocenters. The number of aliphatic hydroxyl groups is 2. The fraction of sp³-hybridized carbons (Fsp3) is 0.235. The first kappa shape index (κ1) is 20.0. The summed E-state index contributed by atoms with van der Waals surface area (Å²) in [7, 11) is -3.82. The van der Waals surface area contributed by atoms with Gasteiger partial charge >= 0.3 is 0 Å². The summed E-state index contributed by atoms with van der Waals surface area (Å²) in [5.41, 5.74) is 1.38. The van der Waals surface area contributed by atoms with Crippen molar-refractivity contribution in [1.29, 1.82) is 0 Å². The summed E-state index contributed by atoms with van der Waals surface area (Å²) in [6, 6.07) is 11.8. The van der Waals surface area contributed by atoms with E-state index in [0.717, 1.165) is 5.56 Å². The molecule has 0 saturated carbocycles. The predicted octanol–water partition coefficient (Wildman–Crippen LogP) is 0.159. The predicted molar refractivity (Wildman–Crippen MR) is 97.0 cm³/mol. The summed E-state index contributed by atoms with van der Waals surface area (Å²) in [4.78, 5) is 1.35. The van der Waals surface area contributed by atoms with Crippen LogP contribution < -0.4 is 4.72 Å². The number of tetrazole rings is 1. The molecule has 3 N–H and O–H groups in total. The molecule has 3 rings (SSSR count). The number of aliphatic hydroxyl groups excluding tert-OH is 2. The van der Waals surface area contributed by atoms with Gasteiger partial charge in [-0.25, -0.2) is 17.5 Å². The molecule has 0 aliphatic carbocycles. The fourth-order valence-electron chi connectivity index (χ4n) is 2.32. The van der Waals surface area contributed by atoms with Crippen molar-refractivity contribution in [2.24, 2.45) is 0 Å². The summed E-state index contributed by atoms with van der Waals surface area (Å²) in [6.07, 6.45) is -1.17. The van der Waals surface area contributed by atoms with Crippen LogP contribution in [0.4, 0.5) is 4.39 Å². The Morgan fingerprint density at radius 2 is 1.79 bits per heavy atom. The lowest BCUT2D eigenvalue weighted by Crippen LogP contribution is -2.33. The number of rotatable bonds is 8. The molecule has 0 bridgehead atoms. The van der Waals surface area contributed by atoms with Crippen LogP contribution in [0, 0.1) is 5.82 Å². The minimum absolute atomic E-state index is 0.0000869. The Labute approximate surface area is 160 Å². The van der Waals surface area contributed by atoms with Gasteiger partial charge in [0.25, 0.3) is 0 Å². The first-order chi connectivity index (χ1) is 13.4. The lowest BCUT2D eigenvalue weighted by Gasteiger charge is -2.10. The molecular formula is C17H18FN5O4S. The van der Waals surface area contributed by atoms with E-state index in [1.54, 1.807) is 12.1 Å². The van der Waals surface area contributed by atoms with Gasteiger partial charge in [-0.2, -0.15) is 4.80 Å². The summed E-state index contributed by atoms with van der Waals surface area (Å²) in [5.74, 6) is -0.0129. The summed E-state index contributed by atoms with van der Waals surface area (Å²) in [5, 5.41) is 30.1. The number of benzene rings is 2. The minimum Gasteiger partial charge on any atom is -0.394 e. The van der Waals surface area contributed by atoms with Crippen LogP contribution in [0.25, 0.3) is 11.4 Å². The van der Waals surface area contributed by atoms with Gasteiger partial charge in [-0.1, -0.05) is 12.1 Å². The average Bonchev–Trinajstić information content (AvgIpc) is 3.16. The van der Waals surface area contributed by atoms with Crippen molar-refractivity contribution in [3.8, 4) is 11.4 Å². The molecule has 0 spiro atoms. The molecule has 1 atom stereocenters. The zero-order valence-electron chi connectivity index (χ0n) is 14.6. The highest BCUT2D eigenvalue weighted by Gasteiger charge is 2.16. The topological polar surface area (TPSA) is 130 Å². The number of halogens is 1. The summed E-state index contributed by atoms with van der Waals surface area (Å²) in [6.45, 7) is -0.516. The first-order valence-corrected chi connectivity index (χ1v) is 9.77.